The molecule has 8 heteroatoms. The van der Waals surface area contributed by atoms with Gasteiger partial charge in [0, 0.05) is 16.7 Å². The highest BCUT2D eigenvalue weighted by atomic mass is 16.5. The van der Waals surface area contributed by atoms with Gasteiger partial charge in [0.05, 0.1) is 27.0 Å². The molecule has 0 saturated carbocycles. The van der Waals surface area contributed by atoms with Crippen LogP contribution >= 0.6 is 0 Å². The second-order valence-electron chi connectivity index (χ2n) is 8.26. The Morgan fingerprint density at radius 1 is 0.886 bits per heavy atom. The maximum absolute atomic E-state index is 6.70. The van der Waals surface area contributed by atoms with Crippen LogP contribution in [0.4, 0.5) is 5.95 Å². The molecule has 2 atom stereocenters. The number of nitrogens with one attached hydrogen (secondary N) is 1. The van der Waals surface area contributed by atoms with Crippen molar-refractivity contribution in [3.63, 3.8) is 0 Å². The predicted molar refractivity (Wildman–Crippen MR) is 131 cm³/mol. The molecule has 3 aromatic carbocycles. The van der Waals surface area contributed by atoms with Crippen LogP contribution in [0.25, 0.3) is 5.70 Å². The second kappa shape index (κ2) is 8.39. The van der Waals surface area contributed by atoms with Gasteiger partial charge in [0.1, 0.15) is 35.4 Å². The number of ether oxygens (including phenoxy) is 4. The van der Waals surface area contributed by atoms with Gasteiger partial charge in [0.15, 0.2) is 6.10 Å². The Balaban J connectivity index is 1.62. The average molecular weight is 469 g/mol. The van der Waals surface area contributed by atoms with Crippen molar-refractivity contribution < 1.29 is 18.9 Å². The van der Waals surface area contributed by atoms with E-state index in [-0.39, 0.29) is 6.04 Å². The smallest absolute Gasteiger partial charge is 0.226 e. The Bertz CT molecular complexity index is 1430. The lowest BCUT2D eigenvalue weighted by molar-refractivity contribution is 0.217. The summed E-state index contributed by atoms with van der Waals surface area (Å²) in [6, 6.07) is 21.5. The van der Waals surface area contributed by atoms with Gasteiger partial charge in [-0.1, -0.05) is 24.3 Å². The van der Waals surface area contributed by atoms with E-state index in [1.165, 1.54) is 0 Å². The largest absolute Gasteiger partial charge is 0.497 e. The van der Waals surface area contributed by atoms with Crippen molar-refractivity contribution in [2.24, 2.45) is 0 Å². The number of anilines is 1. The topological polar surface area (TPSA) is 79.7 Å². The van der Waals surface area contributed by atoms with Gasteiger partial charge in [-0.15, -0.1) is 0 Å². The average Bonchev–Trinajstić information content (AvgIpc) is 3.39. The zero-order valence-electron chi connectivity index (χ0n) is 19.6. The highest BCUT2D eigenvalue weighted by molar-refractivity contribution is 5.85. The molecule has 0 amide bonds. The summed E-state index contributed by atoms with van der Waals surface area (Å²) in [4.78, 5) is 4.49. The van der Waals surface area contributed by atoms with Crippen LogP contribution in [-0.4, -0.2) is 36.1 Å². The normalized spacial score (nSPS) is 17.9. The quantitative estimate of drug-likeness (QED) is 0.448. The van der Waals surface area contributed by atoms with E-state index >= 15 is 0 Å². The minimum Gasteiger partial charge on any atom is -0.497 e. The lowest BCUT2D eigenvalue weighted by Crippen LogP contribution is -2.32. The first-order valence-electron chi connectivity index (χ1n) is 11.2. The molecule has 176 valence electrons. The molecular weight excluding hydrogens is 444 g/mol. The fourth-order valence-corrected chi connectivity index (χ4v) is 4.83. The molecule has 2 aliphatic heterocycles. The fourth-order valence-electron chi connectivity index (χ4n) is 4.83. The van der Waals surface area contributed by atoms with Crippen molar-refractivity contribution in [3.05, 3.63) is 95.3 Å². The minimum atomic E-state index is -0.470. The number of rotatable bonds is 5. The van der Waals surface area contributed by atoms with Crippen molar-refractivity contribution in [2.75, 3.05) is 26.6 Å². The monoisotopic (exact) mass is 468 g/mol. The summed E-state index contributed by atoms with van der Waals surface area (Å²) in [5.41, 5.74) is 4.80. The van der Waals surface area contributed by atoms with Crippen LogP contribution in [0.1, 0.15) is 28.8 Å². The van der Waals surface area contributed by atoms with Crippen LogP contribution in [-0.2, 0) is 0 Å². The second-order valence-corrected chi connectivity index (χ2v) is 8.26. The zero-order chi connectivity index (χ0) is 23.9. The van der Waals surface area contributed by atoms with Gasteiger partial charge in [-0.25, -0.2) is 4.68 Å². The van der Waals surface area contributed by atoms with Crippen LogP contribution in [0.3, 0.4) is 0 Å². The molecule has 0 radical (unpaired) electrons. The zero-order valence-corrected chi connectivity index (χ0v) is 19.6. The van der Waals surface area contributed by atoms with Crippen molar-refractivity contribution in [1.29, 1.82) is 0 Å². The van der Waals surface area contributed by atoms with Gasteiger partial charge < -0.3 is 24.3 Å². The number of fused-ring (bicyclic) bond motifs is 3. The maximum atomic E-state index is 6.70. The summed E-state index contributed by atoms with van der Waals surface area (Å²) in [7, 11) is 4.97. The van der Waals surface area contributed by atoms with Crippen LogP contribution in [0.5, 0.6) is 23.0 Å². The highest BCUT2D eigenvalue weighted by Crippen LogP contribution is 2.52. The molecule has 0 unspecified atom stereocenters. The van der Waals surface area contributed by atoms with Gasteiger partial charge in [-0.2, -0.15) is 10.1 Å². The van der Waals surface area contributed by atoms with Crippen molar-refractivity contribution in [3.8, 4) is 23.0 Å². The Hall–Kier alpha value is -4.46. The Kier molecular flexibility index (Phi) is 5.06. The Labute approximate surface area is 202 Å². The molecule has 2 aliphatic rings. The third-order valence-corrected chi connectivity index (χ3v) is 6.47. The van der Waals surface area contributed by atoms with Crippen molar-refractivity contribution >= 4 is 11.6 Å². The van der Waals surface area contributed by atoms with E-state index in [0.29, 0.717) is 11.7 Å². The van der Waals surface area contributed by atoms with E-state index in [9.17, 15) is 0 Å². The van der Waals surface area contributed by atoms with E-state index in [2.05, 4.69) is 15.4 Å². The number of hydrogen-bond donors (Lipinski definition) is 1. The fraction of sp³-hybridized carbons (Fsp3) is 0.185. The lowest BCUT2D eigenvalue weighted by Gasteiger charge is -2.39. The third kappa shape index (κ3) is 3.37. The molecule has 0 fully saturated rings. The van der Waals surface area contributed by atoms with Crippen LogP contribution in [0.15, 0.2) is 78.6 Å². The van der Waals surface area contributed by atoms with Crippen LogP contribution < -0.4 is 24.3 Å². The molecule has 6 rings (SSSR count). The van der Waals surface area contributed by atoms with Crippen molar-refractivity contribution in [2.45, 2.75) is 12.1 Å². The highest BCUT2D eigenvalue weighted by Gasteiger charge is 2.42. The standard InChI is InChI=1S/C27H24N4O4/c1-32-17-10-8-16(9-11-17)25-23-24(30-27-28-15-29-31(25)27)19-6-4-5-7-22(19)35-26(23)20-14-18(33-2)12-13-21(20)34-3/h4-15,25-26H,1-3H3,(H,28,29,30)/t25-,26+/m1/s1. The first-order chi connectivity index (χ1) is 17.2. The molecule has 0 spiro atoms. The van der Waals surface area contributed by atoms with Gasteiger partial charge in [0.2, 0.25) is 5.95 Å². The molecule has 1 aromatic heterocycles. The van der Waals surface area contributed by atoms with E-state index in [1.54, 1.807) is 27.7 Å². The van der Waals surface area contributed by atoms with E-state index in [4.69, 9.17) is 18.9 Å². The van der Waals surface area contributed by atoms with Gasteiger partial charge in [-0.05, 0) is 48.0 Å². The van der Waals surface area contributed by atoms with Gasteiger partial charge in [-0.3, -0.25) is 0 Å². The third-order valence-electron chi connectivity index (χ3n) is 6.47. The molecule has 0 aliphatic carbocycles. The minimum absolute atomic E-state index is 0.274. The molecule has 3 heterocycles. The van der Waals surface area contributed by atoms with Crippen LogP contribution in [0.2, 0.25) is 0 Å². The van der Waals surface area contributed by atoms with E-state index < -0.39 is 6.10 Å². The molecule has 1 N–H and O–H groups in total. The number of benzene rings is 3. The van der Waals surface area contributed by atoms with E-state index in [1.807, 2.05) is 71.4 Å². The molecular formula is C27H24N4O4. The molecule has 0 bridgehead atoms. The van der Waals surface area contributed by atoms with Gasteiger partial charge in [0.25, 0.3) is 0 Å². The SMILES string of the molecule is COc1ccc([C@@H]2C3=C(Nc4ncnn42)c2ccccc2O[C@H]3c2cc(OC)ccc2OC)cc1. The maximum Gasteiger partial charge on any atom is 0.226 e. The first-order valence-corrected chi connectivity index (χ1v) is 11.2. The Morgan fingerprint density at radius 2 is 1.66 bits per heavy atom. The molecule has 4 aromatic rings. The number of hydrogen-bond acceptors (Lipinski definition) is 7. The van der Waals surface area contributed by atoms with Crippen molar-refractivity contribution in [1.82, 2.24) is 14.8 Å². The Morgan fingerprint density at radius 3 is 2.43 bits per heavy atom. The summed E-state index contributed by atoms with van der Waals surface area (Å²) in [5, 5.41) is 8.09. The summed E-state index contributed by atoms with van der Waals surface area (Å²) in [6.07, 6.45) is 1.09. The molecule has 8 nitrogen and oxygen atoms in total. The number of methoxy groups -OCH3 is 3. The van der Waals surface area contributed by atoms with Gasteiger partial charge >= 0.3 is 0 Å². The molecule has 0 saturated heterocycles. The number of nitrogens with zero attached hydrogens (tertiary/aromatic N) is 3. The molecule has 35 heavy (non-hydrogen) atoms. The lowest BCUT2D eigenvalue weighted by atomic mass is 9.84. The summed E-state index contributed by atoms with van der Waals surface area (Å²) < 4.78 is 25.3. The summed E-state index contributed by atoms with van der Waals surface area (Å²) in [5.74, 6) is 3.65. The first kappa shape index (κ1) is 21.1. The predicted octanol–water partition coefficient (Wildman–Crippen LogP) is 4.86. The summed E-state index contributed by atoms with van der Waals surface area (Å²) >= 11 is 0. The number of para-hydroxylation sites is 1. The van der Waals surface area contributed by atoms with Crippen LogP contribution in [0, 0.1) is 0 Å². The number of aromatic nitrogens is 3. The summed E-state index contributed by atoms with van der Waals surface area (Å²) in [6.45, 7) is 0. The van der Waals surface area contributed by atoms with E-state index in [0.717, 1.165) is 45.2 Å².